The maximum atomic E-state index is 7.54. The largest absolute Gasteiger partial charge is 0.384 e. The molecule has 3 heteroatoms. The van der Waals surface area contributed by atoms with Crippen LogP contribution in [-0.4, -0.2) is 5.84 Å². The second kappa shape index (κ2) is 6.16. The van der Waals surface area contributed by atoms with Gasteiger partial charge < -0.3 is 5.73 Å². The lowest BCUT2D eigenvalue weighted by Gasteiger charge is -2.06. The van der Waals surface area contributed by atoms with E-state index in [1.165, 1.54) is 5.56 Å². The molecule has 22 heavy (non-hydrogen) atoms. The van der Waals surface area contributed by atoms with Gasteiger partial charge in [-0.25, -0.2) is 0 Å². The standard InChI is InChI=1S/C19H15BrN2/c20-18-11-14(7-6-13-4-2-1-3-5-13)10-15-8-9-16(19(21)22)12-17(15)18/h1-12H,(H3,21,22)/b7-6+. The second-order valence-electron chi connectivity index (χ2n) is 5.10. The molecule has 0 aliphatic carbocycles. The Morgan fingerprint density at radius 2 is 1.64 bits per heavy atom. The van der Waals surface area contributed by atoms with Crippen LogP contribution < -0.4 is 5.73 Å². The Balaban J connectivity index is 2.01. The van der Waals surface area contributed by atoms with Crippen molar-refractivity contribution in [1.82, 2.24) is 0 Å². The summed E-state index contributed by atoms with van der Waals surface area (Å²) in [4.78, 5) is 0. The molecule has 0 aliphatic rings. The number of nitrogens with two attached hydrogens (primary N) is 1. The fourth-order valence-electron chi connectivity index (χ4n) is 2.35. The number of benzene rings is 3. The lowest BCUT2D eigenvalue weighted by atomic mass is 10.0. The smallest absolute Gasteiger partial charge is 0.122 e. The summed E-state index contributed by atoms with van der Waals surface area (Å²) in [7, 11) is 0. The normalized spacial score (nSPS) is 11.1. The Labute approximate surface area is 137 Å². The van der Waals surface area contributed by atoms with Gasteiger partial charge in [-0.3, -0.25) is 5.41 Å². The van der Waals surface area contributed by atoms with Crippen LogP contribution >= 0.6 is 15.9 Å². The molecule has 0 saturated heterocycles. The van der Waals surface area contributed by atoms with E-state index in [1.807, 2.05) is 36.4 Å². The third-order valence-corrected chi connectivity index (χ3v) is 4.16. The first-order valence-corrected chi connectivity index (χ1v) is 7.73. The molecule has 0 radical (unpaired) electrons. The lowest BCUT2D eigenvalue weighted by Crippen LogP contribution is -2.10. The summed E-state index contributed by atoms with van der Waals surface area (Å²) in [5, 5.41) is 9.71. The monoisotopic (exact) mass is 350 g/mol. The van der Waals surface area contributed by atoms with Crippen LogP contribution in [0.15, 0.2) is 65.1 Å². The molecule has 0 spiro atoms. The molecule has 2 nitrogen and oxygen atoms in total. The van der Waals surface area contributed by atoms with Crippen LogP contribution in [0.25, 0.3) is 22.9 Å². The quantitative estimate of drug-likeness (QED) is 0.387. The van der Waals surface area contributed by atoms with Gasteiger partial charge in [0.2, 0.25) is 0 Å². The van der Waals surface area contributed by atoms with E-state index in [4.69, 9.17) is 11.1 Å². The maximum absolute atomic E-state index is 7.54. The molecular weight excluding hydrogens is 336 g/mol. The first-order chi connectivity index (χ1) is 10.6. The predicted octanol–water partition coefficient (Wildman–Crippen LogP) is 5.06. The average Bonchev–Trinajstić information content (AvgIpc) is 2.53. The molecule has 3 aromatic rings. The third kappa shape index (κ3) is 3.10. The topological polar surface area (TPSA) is 49.9 Å². The van der Waals surface area contributed by atoms with Gasteiger partial charge in [0.1, 0.15) is 5.84 Å². The minimum Gasteiger partial charge on any atom is -0.384 e. The number of hydrogen-bond donors (Lipinski definition) is 2. The first-order valence-electron chi connectivity index (χ1n) is 6.94. The van der Waals surface area contributed by atoms with Gasteiger partial charge in [-0.2, -0.15) is 0 Å². The van der Waals surface area contributed by atoms with E-state index in [-0.39, 0.29) is 5.84 Å². The highest BCUT2D eigenvalue weighted by Crippen LogP contribution is 2.27. The number of nitrogen functional groups attached to an aromatic ring is 1. The Hall–Kier alpha value is -2.39. The van der Waals surface area contributed by atoms with E-state index < -0.39 is 0 Å². The molecule has 0 aliphatic heterocycles. The molecule has 0 fully saturated rings. The van der Waals surface area contributed by atoms with Crippen molar-refractivity contribution in [3.05, 3.63) is 81.8 Å². The molecule has 0 saturated carbocycles. The molecule has 108 valence electrons. The van der Waals surface area contributed by atoms with E-state index >= 15 is 0 Å². The molecule has 0 atom stereocenters. The highest BCUT2D eigenvalue weighted by atomic mass is 79.9. The Morgan fingerprint density at radius 1 is 0.909 bits per heavy atom. The van der Waals surface area contributed by atoms with Crippen molar-refractivity contribution in [2.45, 2.75) is 0 Å². The minimum atomic E-state index is 0.0850. The van der Waals surface area contributed by atoms with Crippen molar-refractivity contribution in [3.8, 4) is 0 Å². The van der Waals surface area contributed by atoms with Gasteiger partial charge in [0, 0.05) is 10.0 Å². The third-order valence-electron chi connectivity index (χ3n) is 3.50. The average molecular weight is 351 g/mol. The van der Waals surface area contributed by atoms with E-state index in [9.17, 15) is 0 Å². The van der Waals surface area contributed by atoms with Gasteiger partial charge in [0.15, 0.2) is 0 Å². The van der Waals surface area contributed by atoms with E-state index in [0.717, 1.165) is 26.4 Å². The van der Waals surface area contributed by atoms with E-state index in [1.54, 1.807) is 0 Å². The Morgan fingerprint density at radius 3 is 2.36 bits per heavy atom. The molecule has 3 N–H and O–H groups in total. The van der Waals surface area contributed by atoms with Crippen molar-refractivity contribution in [1.29, 1.82) is 5.41 Å². The summed E-state index contributed by atoms with van der Waals surface area (Å²) < 4.78 is 1.00. The number of amidine groups is 1. The summed E-state index contributed by atoms with van der Waals surface area (Å²) in [5.74, 6) is 0.0850. The molecule has 3 aromatic carbocycles. The van der Waals surface area contributed by atoms with Crippen molar-refractivity contribution in [2.24, 2.45) is 5.73 Å². The molecule has 0 bridgehead atoms. The number of fused-ring (bicyclic) bond motifs is 1. The van der Waals surface area contributed by atoms with Crippen LogP contribution in [0.4, 0.5) is 0 Å². The molecule has 0 unspecified atom stereocenters. The summed E-state index contributed by atoms with van der Waals surface area (Å²) in [6.07, 6.45) is 4.19. The van der Waals surface area contributed by atoms with Crippen molar-refractivity contribution >= 4 is 44.7 Å². The SMILES string of the molecule is N=C(N)c1ccc2cc(/C=C/c3ccccc3)cc(Br)c2c1. The van der Waals surface area contributed by atoms with E-state index in [0.29, 0.717) is 0 Å². The zero-order valence-corrected chi connectivity index (χ0v) is 13.5. The van der Waals surface area contributed by atoms with E-state index in [2.05, 4.69) is 52.3 Å². The minimum absolute atomic E-state index is 0.0850. The second-order valence-corrected chi connectivity index (χ2v) is 5.95. The van der Waals surface area contributed by atoms with Crippen LogP contribution in [-0.2, 0) is 0 Å². The highest BCUT2D eigenvalue weighted by Gasteiger charge is 2.04. The van der Waals surface area contributed by atoms with Gasteiger partial charge in [-0.1, -0.05) is 70.5 Å². The lowest BCUT2D eigenvalue weighted by molar-refractivity contribution is 1.43. The number of rotatable bonds is 3. The van der Waals surface area contributed by atoms with Gasteiger partial charge in [-0.05, 0) is 40.1 Å². The first kappa shape index (κ1) is 14.5. The fraction of sp³-hybridized carbons (Fsp3) is 0. The zero-order valence-electron chi connectivity index (χ0n) is 11.9. The van der Waals surface area contributed by atoms with Crippen LogP contribution in [0.5, 0.6) is 0 Å². The van der Waals surface area contributed by atoms with Crippen LogP contribution in [0.2, 0.25) is 0 Å². The Bertz CT molecular complexity index is 867. The highest BCUT2D eigenvalue weighted by molar-refractivity contribution is 9.10. The van der Waals surface area contributed by atoms with Crippen LogP contribution in [0.1, 0.15) is 16.7 Å². The summed E-state index contributed by atoms with van der Waals surface area (Å²) in [6, 6.07) is 20.2. The zero-order chi connectivity index (χ0) is 15.5. The van der Waals surface area contributed by atoms with Gasteiger partial charge in [-0.15, -0.1) is 0 Å². The number of nitrogens with one attached hydrogen (secondary N) is 1. The van der Waals surface area contributed by atoms with Gasteiger partial charge in [0.25, 0.3) is 0 Å². The molecule has 0 heterocycles. The van der Waals surface area contributed by atoms with Crippen molar-refractivity contribution in [3.63, 3.8) is 0 Å². The molecule has 0 amide bonds. The van der Waals surface area contributed by atoms with Crippen LogP contribution in [0.3, 0.4) is 0 Å². The molecule has 3 rings (SSSR count). The maximum Gasteiger partial charge on any atom is 0.122 e. The summed E-state index contributed by atoms with van der Waals surface area (Å²) in [6.45, 7) is 0. The fourth-order valence-corrected chi connectivity index (χ4v) is 2.96. The predicted molar refractivity (Wildman–Crippen MR) is 98.0 cm³/mol. The Kier molecular flexibility index (Phi) is 4.07. The van der Waals surface area contributed by atoms with Crippen LogP contribution in [0, 0.1) is 5.41 Å². The number of hydrogen-bond acceptors (Lipinski definition) is 1. The summed E-state index contributed by atoms with van der Waals surface area (Å²) in [5.41, 5.74) is 8.59. The van der Waals surface area contributed by atoms with Crippen molar-refractivity contribution in [2.75, 3.05) is 0 Å². The van der Waals surface area contributed by atoms with Crippen molar-refractivity contribution < 1.29 is 0 Å². The number of halogens is 1. The van der Waals surface area contributed by atoms with Gasteiger partial charge >= 0.3 is 0 Å². The van der Waals surface area contributed by atoms with Gasteiger partial charge in [0.05, 0.1) is 0 Å². The molecular formula is C19H15BrN2. The molecule has 0 aromatic heterocycles. The summed E-state index contributed by atoms with van der Waals surface area (Å²) >= 11 is 3.61.